The molecule has 14 heavy (non-hydrogen) atoms. The summed E-state index contributed by atoms with van der Waals surface area (Å²) in [5.41, 5.74) is -0.134. The minimum atomic E-state index is -0.527. The zero-order valence-electron chi connectivity index (χ0n) is 8.37. The molecule has 1 rings (SSSR count). The van der Waals surface area contributed by atoms with Gasteiger partial charge in [-0.2, -0.15) is 0 Å². The van der Waals surface area contributed by atoms with Crippen molar-refractivity contribution in [2.24, 2.45) is 0 Å². The first kappa shape index (κ1) is 10.9. The summed E-state index contributed by atoms with van der Waals surface area (Å²) in [4.78, 5) is 22.5. The summed E-state index contributed by atoms with van der Waals surface area (Å²) < 4.78 is 5.14. The number of hydrogen-bond donors (Lipinski definition) is 0. The molecule has 76 valence electrons. The van der Waals surface area contributed by atoms with Crippen LogP contribution in [0.5, 0.6) is 0 Å². The van der Waals surface area contributed by atoms with Crippen LogP contribution in [0.25, 0.3) is 0 Å². The van der Waals surface area contributed by atoms with Gasteiger partial charge in [-0.25, -0.2) is 4.79 Å². The quantitative estimate of drug-likeness (QED) is 0.559. The fraction of sp³-hybridized carbons (Fsp3) is 0.400. The molecule has 0 aliphatic heterocycles. The molecule has 3 nitrogen and oxygen atoms in total. The third kappa shape index (κ3) is 2.67. The summed E-state index contributed by atoms with van der Waals surface area (Å²) in [5, 5.41) is 1.70. The maximum absolute atomic E-state index is 11.5. The molecule has 0 aliphatic carbocycles. The van der Waals surface area contributed by atoms with Gasteiger partial charge in [0.05, 0.1) is 0 Å². The van der Waals surface area contributed by atoms with Gasteiger partial charge in [0.15, 0.2) is 6.29 Å². The van der Waals surface area contributed by atoms with Crippen molar-refractivity contribution >= 4 is 23.6 Å². The van der Waals surface area contributed by atoms with Crippen molar-refractivity contribution in [3.63, 3.8) is 0 Å². The lowest BCUT2D eigenvalue weighted by molar-refractivity contribution is 0.00741. The van der Waals surface area contributed by atoms with E-state index in [4.69, 9.17) is 4.74 Å². The minimum absolute atomic E-state index is 0.370. The molecule has 0 radical (unpaired) electrons. The molecular weight excluding hydrogens is 200 g/mol. The van der Waals surface area contributed by atoms with Gasteiger partial charge < -0.3 is 4.74 Å². The molecule has 0 amide bonds. The van der Waals surface area contributed by atoms with E-state index in [9.17, 15) is 9.59 Å². The Labute approximate surface area is 86.7 Å². The van der Waals surface area contributed by atoms with E-state index in [1.807, 2.05) is 0 Å². The summed E-state index contributed by atoms with van der Waals surface area (Å²) in [7, 11) is 0. The minimum Gasteiger partial charge on any atom is -0.456 e. The number of hydrogen-bond acceptors (Lipinski definition) is 4. The van der Waals surface area contributed by atoms with Crippen molar-refractivity contribution in [3.8, 4) is 0 Å². The number of esters is 1. The molecular formula is C10H12O3S. The fourth-order valence-corrected chi connectivity index (χ4v) is 1.64. The molecule has 0 saturated carbocycles. The number of rotatable bonds is 2. The van der Waals surface area contributed by atoms with Gasteiger partial charge in [0.25, 0.3) is 0 Å². The summed E-state index contributed by atoms with van der Waals surface area (Å²) in [6.07, 6.45) is 0.662. The van der Waals surface area contributed by atoms with Crippen molar-refractivity contribution in [2.45, 2.75) is 26.4 Å². The van der Waals surface area contributed by atoms with E-state index < -0.39 is 11.6 Å². The Hall–Kier alpha value is -1.16. The standard InChI is InChI=1S/C10H12O3S/c1-10(2,3)13-9(12)8-7(6-11)4-5-14-8/h4-6H,1-3H3. The first-order valence-electron chi connectivity index (χ1n) is 4.20. The zero-order valence-corrected chi connectivity index (χ0v) is 9.18. The highest BCUT2D eigenvalue weighted by Crippen LogP contribution is 2.19. The Morgan fingerprint density at radius 3 is 2.64 bits per heavy atom. The first-order valence-corrected chi connectivity index (χ1v) is 5.08. The van der Waals surface area contributed by atoms with Gasteiger partial charge in [0.2, 0.25) is 0 Å². The Bertz CT molecular complexity index is 346. The van der Waals surface area contributed by atoms with Crippen LogP contribution in [-0.2, 0) is 4.74 Å². The van der Waals surface area contributed by atoms with Crippen LogP contribution in [0.15, 0.2) is 11.4 Å². The van der Waals surface area contributed by atoms with Gasteiger partial charge in [0, 0.05) is 5.56 Å². The van der Waals surface area contributed by atoms with E-state index in [1.54, 1.807) is 32.2 Å². The fourth-order valence-electron chi connectivity index (χ4n) is 0.902. The normalized spacial score (nSPS) is 11.1. The van der Waals surface area contributed by atoms with E-state index in [1.165, 1.54) is 11.3 Å². The zero-order chi connectivity index (χ0) is 10.8. The SMILES string of the molecule is CC(C)(C)OC(=O)c1sccc1C=O. The maximum Gasteiger partial charge on any atom is 0.349 e. The molecule has 0 saturated heterocycles. The van der Waals surface area contributed by atoms with E-state index in [0.29, 0.717) is 16.7 Å². The topological polar surface area (TPSA) is 43.4 Å². The van der Waals surface area contributed by atoms with Gasteiger partial charge in [-0.1, -0.05) is 0 Å². The Morgan fingerprint density at radius 2 is 2.14 bits per heavy atom. The monoisotopic (exact) mass is 212 g/mol. The van der Waals surface area contributed by atoms with E-state index in [-0.39, 0.29) is 0 Å². The number of carbonyl (C=O) groups excluding carboxylic acids is 2. The predicted molar refractivity (Wildman–Crippen MR) is 54.9 cm³/mol. The Balaban J connectivity index is 2.85. The summed E-state index contributed by atoms with van der Waals surface area (Å²) in [6.45, 7) is 5.37. The summed E-state index contributed by atoms with van der Waals surface area (Å²) in [6, 6.07) is 1.61. The average Bonchev–Trinajstić information content (AvgIpc) is 2.47. The van der Waals surface area contributed by atoms with Gasteiger partial charge in [-0.15, -0.1) is 11.3 Å². The molecule has 0 aromatic carbocycles. The highest BCUT2D eigenvalue weighted by atomic mass is 32.1. The van der Waals surface area contributed by atoms with Crippen LogP contribution in [0.3, 0.4) is 0 Å². The van der Waals surface area contributed by atoms with Crippen molar-refractivity contribution in [2.75, 3.05) is 0 Å². The first-order chi connectivity index (χ1) is 6.44. The van der Waals surface area contributed by atoms with Crippen molar-refractivity contribution in [3.05, 3.63) is 21.9 Å². The highest BCUT2D eigenvalue weighted by Gasteiger charge is 2.20. The van der Waals surface area contributed by atoms with Gasteiger partial charge >= 0.3 is 5.97 Å². The predicted octanol–water partition coefficient (Wildman–Crippen LogP) is 2.52. The molecule has 0 bridgehead atoms. The molecule has 1 heterocycles. The molecule has 0 spiro atoms. The number of ether oxygens (including phenoxy) is 1. The molecule has 0 fully saturated rings. The van der Waals surface area contributed by atoms with Crippen LogP contribution in [0.1, 0.15) is 40.8 Å². The van der Waals surface area contributed by atoms with Crippen molar-refractivity contribution in [1.29, 1.82) is 0 Å². The van der Waals surface area contributed by atoms with Gasteiger partial charge in [0.1, 0.15) is 10.5 Å². The molecule has 1 aromatic rings. The Morgan fingerprint density at radius 1 is 1.50 bits per heavy atom. The van der Waals surface area contributed by atoms with E-state index in [0.717, 1.165) is 0 Å². The second kappa shape index (κ2) is 3.92. The lowest BCUT2D eigenvalue weighted by atomic mass is 10.2. The molecule has 0 atom stereocenters. The lowest BCUT2D eigenvalue weighted by Crippen LogP contribution is -2.23. The van der Waals surface area contributed by atoms with Crippen molar-refractivity contribution in [1.82, 2.24) is 0 Å². The van der Waals surface area contributed by atoms with Crippen LogP contribution in [0.2, 0.25) is 0 Å². The van der Waals surface area contributed by atoms with Crippen LogP contribution in [0, 0.1) is 0 Å². The number of aldehydes is 1. The van der Waals surface area contributed by atoms with Crippen LogP contribution in [0.4, 0.5) is 0 Å². The van der Waals surface area contributed by atoms with Gasteiger partial charge in [-0.3, -0.25) is 4.79 Å². The second-order valence-electron chi connectivity index (χ2n) is 3.82. The average molecular weight is 212 g/mol. The lowest BCUT2D eigenvalue weighted by Gasteiger charge is -2.18. The van der Waals surface area contributed by atoms with Crippen LogP contribution >= 0.6 is 11.3 Å². The van der Waals surface area contributed by atoms with Crippen LogP contribution < -0.4 is 0 Å². The Kier molecular flexibility index (Phi) is 3.06. The summed E-state index contributed by atoms with van der Waals surface area (Å²) >= 11 is 1.22. The van der Waals surface area contributed by atoms with E-state index in [2.05, 4.69) is 0 Å². The van der Waals surface area contributed by atoms with Gasteiger partial charge in [-0.05, 0) is 32.2 Å². The molecule has 1 aromatic heterocycles. The number of carbonyl (C=O) groups is 2. The summed E-state index contributed by atoms with van der Waals surface area (Å²) in [5.74, 6) is -0.436. The maximum atomic E-state index is 11.5. The molecule has 4 heteroatoms. The molecule has 0 aliphatic rings. The van der Waals surface area contributed by atoms with E-state index >= 15 is 0 Å². The third-order valence-electron chi connectivity index (χ3n) is 1.41. The largest absolute Gasteiger partial charge is 0.456 e. The molecule has 0 N–H and O–H groups in total. The second-order valence-corrected chi connectivity index (χ2v) is 4.74. The van der Waals surface area contributed by atoms with Crippen LogP contribution in [-0.4, -0.2) is 17.9 Å². The number of thiophene rings is 1. The third-order valence-corrected chi connectivity index (χ3v) is 2.32. The highest BCUT2D eigenvalue weighted by molar-refractivity contribution is 7.12. The smallest absolute Gasteiger partial charge is 0.349 e. The van der Waals surface area contributed by atoms with Crippen molar-refractivity contribution < 1.29 is 14.3 Å². The molecule has 0 unspecified atom stereocenters.